The van der Waals surface area contributed by atoms with E-state index in [1.165, 1.54) is 16.7 Å². The Bertz CT molecular complexity index is 306. The molecule has 0 fully saturated rings. The molecule has 0 atom stereocenters. The maximum Gasteiger partial charge on any atom is -0.0230 e. The first-order valence-corrected chi connectivity index (χ1v) is 4.13. The summed E-state index contributed by atoms with van der Waals surface area (Å²) in [4.78, 5) is 0. The van der Waals surface area contributed by atoms with Crippen LogP contribution in [0.5, 0.6) is 0 Å². The van der Waals surface area contributed by atoms with E-state index in [2.05, 4.69) is 43.9 Å². The molecule has 0 bridgehead atoms. The minimum atomic E-state index is 1.18. The van der Waals surface area contributed by atoms with Crippen molar-refractivity contribution in [2.45, 2.75) is 13.8 Å². The molecule has 0 heterocycles. The van der Waals surface area contributed by atoms with Crippen LogP contribution in [-0.4, -0.2) is 0 Å². The zero-order valence-corrected chi connectivity index (χ0v) is 7.67. The number of benzene rings is 1. The highest BCUT2D eigenvalue weighted by molar-refractivity contribution is 5.58. The van der Waals surface area contributed by atoms with Crippen LogP contribution in [0.3, 0.4) is 0 Å². The van der Waals surface area contributed by atoms with Crippen LogP contribution >= 0.6 is 0 Å². The van der Waals surface area contributed by atoms with Crippen molar-refractivity contribution in [2.24, 2.45) is 0 Å². The quantitative estimate of drug-likeness (QED) is 0.616. The highest BCUT2D eigenvalue weighted by Crippen LogP contribution is 2.13. The monoisotopic (exact) mass is 158 g/mol. The minimum absolute atomic E-state index is 1.18. The lowest BCUT2D eigenvalue weighted by Crippen LogP contribution is -1.81. The largest absolute Gasteiger partial charge is 0.0985 e. The second-order valence-corrected chi connectivity index (χ2v) is 2.82. The van der Waals surface area contributed by atoms with Crippen LogP contribution in [0.15, 0.2) is 30.9 Å². The molecule has 62 valence electrons. The predicted octanol–water partition coefficient (Wildman–Crippen LogP) is 3.67. The van der Waals surface area contributed by atoms with E-state index in [0.717, 1.165) is 0 Å². The Morgan fingerprint density at radius 1 is 1.33 bits per heavy atom. The van der Waals surface area contributed by atoms with Crippen LogP contribution in [0.2, 0.25) is 0 Å². The van der Waals surface area contributed by atoms with E-state index in [1.54, 1.807) is 0 Å². The van der Waals surface area contributed by atoms with E-state index >= 15 is 0 Å². The summed E-state index contributed by atoms with van der Waals surface area (Å²) in [5, 5.41) is 0. The van der Waals surface area contributed by atoms with E-state index in [4.69, 9.17) is 0 Å². The van der Waals surface area contributed by atoms with Gasteiger partial charge < -0.3 is 0 Å². The SMILES string of the molecule is C=Cc1ccc(/C=C/C)c(C)c1. The summed E-state index contributed by atoms with van der Waals surface area (Å²) in [7, 11) is 0. The van der Waals surface area contributed by atoms with Crippen LogP contribution < -0.4 is 0 Å². The molecule has 0 saturated carbocycles. The molecule has 0 nitrogen and oxygen atoms in total. The second kappa shape index (κ2) is 3.91. The lowest BCUT2D eigenvalue weighted by Gasteiger charge is -2.00. The summed E-state index contributed by atoms with van der Waals surface area (Å²) in [5.41, 5.74) is 3.76. The van der Waals surface area contributed by atoms with Gasteiger partial charge in [0.2, 0.25) is 0 Å². The average Bonchev–Trinajstić information content (AvgIpc) is 2.09. The van der Waals surface area contributed by atoms with Crippen molar-refractivity contribution in [3.8, 4) is 0 Å². The van der Waals surface area contributed by atoms with Crippen LogP contribution in [0.25, 0.3) is 12.2 Å². The molecule has 1 rings (SSSR count). The highest BCUT2D eigenvalue weighted by atomic mass is 14.0. The van der Waals surface area contributed by atoms with Gasteiger partial charge in [0, 0.05) is 0 Å². The number of allylic oxidation sites excluding steroid dienone is 1. The number of rotatable bonds is 2. The molecule has 0 amide bonds. The molecule has 0 radical (unpaired) electrons. The summed E-state index contributed by atoms with van der Waals surface area (Å²) in [6.07, 6.45) is 6.03. The van der Waals surface area contributed by atoms with E-state index in [-0.39, 0.29) is 0 Å². The van der Waals surface area contributed by atoms with Gasteiger partial charge in [0.15, 0.2) is 0 Å². The van der Waals surface area contributed by atoms with Gasteiger partial charge in [-0.15, -0.1) is 0 Å². The second-order valence-electron chi connectivity index (χ2n) is 2.82. The fourth-order valence-electron chi connectivity index (χ4n) is 1.19. The molecule has 0 aliphatic carbocycles. The van der Waals surface area contributed by atoms with E-state index in [0.29, 0.717) is 0 Å². The number of hydrogen-bond donors (Lipinski definition) is 0. The van der Waals surface area contributed by atoms with Gasteiger partial charge in [-0.3, -0.25) is 0 Å². The van der Waals surface area contributed by atoms with Gasteiger partial charge in [0.1, 0.15) is 0 Å². The fraction of sp³-hybridized carbons (Fsp3) is 0.167. The molecule has 0 aliphatic rings. The average molecular weight is 158 g/mol. The van der Waals surface area contributed by atoms with Crippen LogP contribution in [0, 0.1) is 6.92 Å². The van der Waals surface area contributed by atoms with E-state index in [9.17, 15) is 0 Å². The van der Waals surface area contributed by atoms with Gasteiger partial charge in [-0.2, -0.15) is 0 Å². The lowest BCUT2D eigenvalue weighted by atomic mass is 10.0. The Morgan fingerprint density at radius 2 is 2.08 bits per heavy atom. The molecule has 1 aromatic carbocycles. The molecule has 1 aromatic rings. The third kappa shape index (κ3) is 1.85. The molecule has 0 N–H and O–H groups in total. The van der Waals surface area contributed by atoms with Gasteiger partial charge >= 0.3 is 0 Å². The van der Waals surface area contributed by atoms with Crippen molar-refractivity contribution >= 4 is 12.2 Å². The molecule has 12 heavy (non-hydrogen) atoms. The Labute approximate surface area is 74.2 Å². The zero-order valence-electron chi connectivity index (χ0n) is 7.67. The topological polar surface area (TPSA) is 0 Å². The van der Waals surface area contributed by atoms with Crippen molar-refractivity contribution in [1.82, 2.24) is 0 Å². The molecule has 0 aliphatic heterocycles. The van der Waals surface area contributed by atoms with Crippen molar-refractivity contribution in [1.29, 1.82) is 0 Å². The first kappa shape index (κ1) is 8.79. The smallest absolute Gasteiger partial charge is 0.0230 e. The lowest BCUT2D eigenvalue weighted by molar-refractivity contribution is 1.43. The maximum absolute atomic E-state index is 3.73. The summed E-state index contributed by atoms with van der Waals surface area (Å²) in [5.74, 6) is 0. The van der Waals surface area contributed by atoms with Crippen molar-refractivity contribution in [3.05, 3.63) is 47.5 Å². The van der Waals surface area contributed by atoms with Gasteiger partial charge in [-0.05, 0) is 30.5 Å². The third-order valence-electron chi connectivity index (χ3n) is 1.88. The van der Waals surface area contributed by atoms with Gasteiger partial charge in [0.25, 0.3) is 0 Å². The van der Waals surface area contributed by atoms with Crippen LogP contribution in [0.4, 0.5) is 0 Å². The number of hydrogen-bond acceptors (Lipinski definition) is 0. The Kier molecular flexibility index (Phi) is 2.87. The molecule has 0 heteroatoms. The van der Waals surface area contributed by atoms with Gasteiger partial charge in [-0.25, -0.2) is 0 Å². The fourth-order valence-corrected chi connectivity index (χ4v) is 1.19. The summed E-state index contributed by atoms with van der Waals surface area (Å²) in [6, 6.07) is 6.34. The maximum atomic E-state index is 3.73. The first-order valence-electron chi connectivity index (χ1n) is 4.13. The summed E-state index contributed by atoms with van der Waals surface area (Å²) in [6.45, 7) is 7.87. The molecule has 0 aromatic heterocycles. The van der Waals surface area contributed by atoms with Gasteiger partial charge in [-0.1, -0.05) is 43.0 Å². The standard InChI is InChI=1S/C12H14/c1-4-6-12-8-7-11(5-2)9-10(12)3/h4-9H,2H2,1,3H3/b6-4+. The molecule has 0 saturated heterocycles. The van der Waals surface area contributed by atoms with Crippen molar-refractivity contribution < 1.29 is 0 Å². The molecule has 0 spiro atoms. The summed E-state index contributed by atoms with van der Waals surface area (Å²) < 4.78 is 0. The molecular formula is C12H14. The van der Waals surface area contributed by atoms with E-state index in [1.807, 2.05) is 13.0 Å². The Morgan fingerprint density at radius 3 is 2.58 bits per heavy atom. The third-order valence-corrected chi connectivity index (χ3v) is 1.88. The molecular weight excluding hydrogens is 144 g/mol. The predicted molar refractivity (Wildman–Crippen MR) is 56.0 cm³/mol. The summed E-state index contributed by atoms with van der Waals surface area (Å²) >= 11 is 0. The Hall–Kier alpha value is -1.30. The Balaban J connectivity index is 3.11. The first-order chi connectivity index (χ1) is 5.77. The molecule has 0 unspecified atom stereocenters. The number of aryl methyl sites for hydroxylation is 1. The highest BCUT2D eigenvalue weighted by Gasteiger charge is 1.93. The normalized spacial score (nSPS) is 10.5. The zero-order chi connectivity index (χ0) is 8.97. The van der Waals surface area contributed by atoms with Crippen LogP contribution in [0.1, 0.15) is 23.6 Å². The van der Waals surface area contributed by atoms with E-state index < -0.39 is 0 Å². The van der Waals surface area contributed by atoms with Crippen molar-refractivity contribution in [2.75, 3.05) is 0 Å². The minimum Gasteiger partial charge on any atom is -0.0985 e. The van der Waals surface area contributed by atoms with Crippen molar-refractivity contribution in [3.63, 3.8) is 0 Å². The van der Waals surface area contributed by atoms with Crippen LogP contribution in [-0.2, 0) is 0 Å². The van der Waals surface area contributed by atoms with Gasteiger partial charge in [0.05, 0.1) is 0 Å².